The highest BCUT2D eigenvalue weighted by atomic mass is 35.5. The van der Waals surface area contributed by atoms with E-state index in [-0.39, 0.29) is 21.7 Å². The standard InChI is InChI=1S/C20H14Cl2N4O4S2/c1-32(28,29)20-26-25-19(31-20)24-18(27)14(10-23)8-12-2-5-15(6-3-12)30-11-13-4-7-16(21)17(22)9-13/h2-9H,11H2,1H3,(H,24,25,27). The first-order chi connectivity index (χ1) is 15.2. The largest absolute Gasteiger partial charge is 0.489 e. The van der Waals surface area contributed by atoms with Gasteiger partial charge in [0.25, 0.3) is 5.91 Å². The second-order valence-electron chi connectivity index (χ2n) is 6.38. The van der Waals surface area contributed by atoms with E-state index >= 15 is 0 Å². The number of aromatic nitrogens is 2. The average molecular weight is 509 g/mol. The fourth-order valence-corrected chi connectivity index (χ4v) is 4.17. The van der Waals surface area contributed by atoms with Gasteiger partial charge in [0.05, 0.1) is 10.0 Å². The first-order valence-corrected chi connectivity index (χ1v) is 12.3. The van der Waals surface area contributed by atoms with E-state index in [0.717, 1.165) is 11.8 Å². The van der Waals surface area contributed by atoms with Crippen LogP contribution in [-0.4, -0.2) is 30.8 Å². The third-order valence-electron chi connectivity index (χ3n) is 3.89. The van der Waals surface area contributed by atoms with Crippen molar-refractivity contribution in [2.75, 3.05) is 11.6 Å². The lowest BCUT2D eigenvalue weighted by molar-refractivity contribution is -0.112. The molecule has 0 aliphatic carbocycles. The molecule has 164 valence electrons. The van der Waals surface area contributed by atoms with Crippen LogP contribution >= 0.6 is 34.5 Å². The predicted molar refractivity (Wildman–Crippen MR) is 122 cm³/mol. The summed E-state index contributed by atoms with van der Waals surface area (Å²) in [7, 11) is -3.53. The number of benzene rings is 2. The normalized spacial score (nSPS) is 11.6. The molecule has 3 aromatic rings. The zero-order valence-corrected chi connectivity index (χ0v) is 19.5. The molecule has 0 atom stereocenters. The van der Waals surface area contributed by atoms with Gasteiger partial charge in [-0.3, -0.25) is 10.1 Å². The average Bonchev–Trinajstić information content (AvgIpc) is 3.22. The van der Waals surface area contributed by atoms with Gasteiger partial charge in [0.15, 0.2) is 0 Å². The molecule has 0 aliphatic heterocycles. The highest BCUT2D eigenvalue weighted by Crippen LogP contribution is 2.24. The molecular formula is C20H14Cl2N4O4S2. The summed E-state index contributed by atoms with van der Waals surface area (Å²) in [5.41, 5.74) is 1.25. The molecule has 1 N–H and O–H groups in total. The van der Waals surface area contributed by atoms with E-state index in [1.54, 1.807) is 42.5 Å². The van der Waals surface area contributed by atoms with Gasteiger partial charge in [-0.25, -0.2) is 8.42 Å². The number of amides is 1. The first kappa shape index (κ1) is 23.7. The topological polar surface area (TPSA) is 122 Å². The van der Waals surface area contributed by atoms with Crippen molar-refractivity contribution in [2.45, 2.75) is 10.9 Å². The number of nitrogens with one attached hydrogen (secondary N) is 1. The van der Waals surface area contributed by atoms with E-state index in [0.29, 0.717) is 32.7 Å². The molecule has 0 saturated carbocycles. The smallest absolute Gasteiger partial charge is 0.268 e. The molecule has 32 heavy (non-hydrogen) atoms. The quantitative estimate of drug-likeness (QED) is 0.285. The SMILES string of the molecule is CS(=O)(=O)c1nnc(NC(=O)C(C#N)=Cc2ccc(OCc3ccc(Cl)c(Cl)c3)cc2)s1. The number of nitrogens with zero attached hydrogens (tertiary/aromatic N) is 3. The highest BCUT2D eigenvalue weighted by Gasteiger charge is 2.17. The number of ether oxygens (including phenoxy) is 1. The maximum Gasteiger partial charge on any atom is 0.268 e. The lowest BCUT2D eigenvalue weighted by Crippen LogP contribution is -2.13. The predicted octanol–water partition coefficient (Wildman–Crippen LogP) is 4.37. The molecule has 0 unspecified atom stereocenters. The maximum atomic E-state index is 12.3. The fourth-order valence-electron chi connectivity index (χ4n) is 2.35. The molecular weight excluding hydrogens is 495 g/mol. The Bertz CT molecular complexity index is 1330. The van der Waals surface area contributed by atoms with Crippen LogP contribution in [0.4, 0.5) is 5.13 Å². The highest BCUT2D eigenvalue weighted by molar-refractivity contribution is 7.92. The van der Waals surface area contributed by atoms with Crippen LogP contribution in [0.1, 0.15) is 11.1 Å². The minimum Gasteiger partial charge on any atom is -0.489 e. The molecule has 1 aromatic heterocycles. The van der Waals surface area contributed by atoms with Gasteiger partial charge >= 0.3 is 0 Å². The number of hydrogen-bond acceptors (Lipinski definition) is 8. The summed E-state index contributed by atoms with van der Waals surface area (Å²) in [4.78, 5) is 12.3. The summed E-state index contributed by atoms with van der Waals surface area (Å²) in [6.07, 6.45) is 2.37. The number of rotatable bonds is 7. The first-order valence-electron chi connectivity index (χ1n) is 8.79. The van der Waals surface area contributed by atoms with Crippen LogP contribution in [0.25, 0.3) is 6.08 Å². The maximum absolute atomic E-state index is 12.3. The van der Waals surface area contributed by atoms with Crippen LogP contribution in [0.5, 0.6) is 5.75 Å². The molecule has 3 rings (SSSR count). The van der Waals surface area contributed by atoms with Crippen molar-refractivity contribution in [1.29, 1.82) is 5.26 Å². The van der Waals surface area contributed by atoms with Crippen molar-refractivity contribution < 1.29 is 17.9 Å². The van der Waals surface area contributed by atoms with Crippen molar-refractivity contribution in [3.8, 4) is 11.8 Å². The van der Waals surface area contributed by atoms with Gasteiger partial charge in [0.1, 0.15) is 24.0 Å². The molecule has 12 heteroatoms. The van der Waals surface area contributed by atoms with E-state index in [1.807, 2.05) is 6.07 Å². The Balaban J connectivity index is 1.65. The second kappa shape index (κ2) is 10.1. The second-order valence-corrected chi connectivity index (χ2v) is 10.4. The molecule has 8 nitrogen and oxygen atoms in total. The van der Waals surface area contributed by atoms with Crippen molar-refractivity contribution in [2.24, 2.45) is 0 Å². The number of sulfone groups is 1. The Morgan fingerprint density at radius 2 is 1.91 bits per heavy atom. The van der Waals surface area contributed by atoms with Crippen LogP contribution in [0.15, 0.2) is 52.4 Å². The Hall–Kier alpha value is -2.97. The Morgan fingerprint density at radius 3 is 2.50 bits per heavy atom. The van der Waals surface area contributed by atoms with Crippen LogP contribution in [0.2, 0.25) is 10.0 Å². The molecule has 0 aliphatic rings. The van der Waals surface area contributed by atoms with Gasteiger partial charge < -0.3 is 4.74 Å². The summed E-state index contributed by atoms with van der Waals surface area (Å²) >= 11 is 12.6. The number of anilines is 1. The van der Waals surface area contributed by atoms with Gasteiger partial charge in [0, 0.05) is 6.26 Å². The summed E-state index contributed by atoms with van der Waals surface area (Å²) in [5, 5.41) is 19.7. The summed E-state index contributed by atoms with van der Waals surface area (Å²) in [5.74, 6) is -0.151. The van der Waals surface area contributed by atoms with Gasteiger partial charge in [0.2, 0.25) is 19.3 Å². The van der Waals surface area contributed by atoms with Crippen molar-refractivity contribution >= 4 is 61.5 Å². The Labute approximate surface area is 198 Å². The fraction of sp³-hybridized carbons (Fsp3) is 0.100. The zero-order valence-electron chi connectivity index (χ0n) is 16.4. The molecule has 1 heterocycles. The van der Waals surface area contributed by atoms with Crippen LogP contribution in [0, 0.1) is 11.3 Å². The van der Waals surface area contributed by atoms with Crippen LogP contribution < -0.4 is 10.1 Å². The number of halogens is 2. The van der Waals surface area contributed by atoms with Crippen LogP contribution in [0.3, 0.4) is 0 Å². The van der Waals surface area contributed by atoms with E-state index in [1.165, 1.54) is 6.08 Å². The lowest BCUT2D eigenvalue weighted by Gasteiger charge is -2.07. The molecule has 1 amide bonds. The monoisotopic (exact) mass is 508 g/mol. The van der Waals surface area contributed by atoms with E-state index < -0.39 is 15.7 Å². The van der Waals surface area contributed by atoms with Gasteiger partial charge in [-0.15, -0.1) is 10.2 Å². The summed E-state index contributed by atoms with van der Waals surface area (Å²) in [6, 6.07) is 13.8. The van der Waals surface area contributed by atoms with Crippen molar-refractivity contribution in [1.82, 2.24) is 10.2 Å². The van der Waals surface area contributed by atoms with Gasteiger partial charge in [-0.1, -0.05) is 52.7 Å². The number of carbonyl (C=O) groups excluding carboxylic acids is 1. The van der Waals surface area contributed by atoms with Gasteiger partial charge in [-0.2, -0.15) is 5.26 Å². The van der Waals surface area contributed by atoms with Crippen molar-refractivity contribution in [3.05, 3.63) is 69.2 Å². The molecule has 0 saturated heterocycles. The van der Waals surface area contributed by atoms with Gasteiger partial charge in [-0.05, 0) is 41.5 Å². The number of hydrogen-bond donors (Lipinski definition) is 1. The third-order valence-corrected chi connectivity index (χ3v) is 7.14. The summed E-state index contributed by atoms with van der Waals surface area (Å²) < 4.78 is 28.4. The van der Waals surface area contributed by atoms with E-state index in [9.17, 15) is 18.5 Å². The van der Waals surface area contributed by atoms with E-state index in [2.05, 4.69) is 15.5 Å². The van der Waals surface area contributed by atoms with Crippen molar-refractivity contribution in [3.63, 3.8) is 0 Å². The molecule has 0 fully saturated rings. The summed E-state index contributed by atoms with van der Waals surface area (Å²) in [6.45, 7) is 0.287. The third kappa shape index (κ3) is 6.27. The minimum atomic E-state index is -3.53. The molecule has 0 bridgehead atoms. The van der Waals surface area contributed by atoms with E-state index in [4.69, 9.17) is 27.9 Å². The number of carbonyl (C=O) groups is 1. The zero-order chi connectivity index (χ0) is 23.3. The Kier molecular flexibility index (Phi) is 7.48. The molecule has 0 radical (unpaired) electrons. The lowest BCUT2D eigenvalue weighted by atomic mass is 10.1. The minimum absolute atomic E-state index is 0.0253. The Morgan fingerprint density at radius 1 is 1.19 bits per heavy atom. The molecule has 0 spiro atoms. The number of nitriles is 1. The van der Waals surface area contributed by atoms with Crippen LogP contribution in [-0.2, 0) is 21.2 Å². The molecule has 2 aromatic carbocycles.